The van der Waals surface area contributed by atoms with Crippen LogP contribution in [-0.4, -0.2) is 48.6 Å². The van der Waals surface area contributed by atoms with Gasteiger partial charge in [-0.3, -0.25) is 9.59 Å². The summed E-state index contributed by atoms with van der Waals surface area (Å²) in [5.74, 6) is -0.293. The van der Waals surface area contributed by atoms with Crippen molar-refractivity contribution < 1.29 is 29.3 Å². The third kappa shape index (κ3) is 23.5. The minimum atomic E-state index is -0.338. The first-order valence-electron chi connectivity index (χ1n) is 12.6. The average Bonchev–Trinajstić information content (AvgIpc) is 2.76. The Kier molecular flexibility index (Phi) is 21.1. The Balaban J connectivity index is 0. The number of carbonyl (C=O) groups excluding carboxylic acids is 2. The molecule has 192 valence electrons. The van der Waals surface area contributed by atoms with Gasteiger partial charge in [0.25, 0.3) is 0 Å². The summed E-state index contributed by atoms with van der Waals surface area (Å²) in [4.78, 5) is 23.5. The fraction of sp³-hybridized carbons (Fsp3) is 0.923. The summed E-state index contributed by atoms with van der Waals surface area (Å²) >= 11 is 0. The van der Waals surface area contributed by atoms with Crippen LogP contribution in [0.5, 0.6) is 0 Å². The van der Waals surface area contributed by atoms with E-state index < -0.39 is 0 Å². The Labute approximate surface area is 197 Å². The lowest BCUT2D eigenvalue weighted by atomic mass is 9.96. The minimum Gasteiger partial charge on any atom is -0.465 e. The molecule has 0 amide bonds. The standard InChI is InChI=1S/C21H40O4.C5H12O2/c1-5-7-9-11-13-15-19(22)24-17-21(3,4)18-25-20(23)16-14-12-10-8-6-2;1-5(2,3-6)4-7/h5-18H2,1-4H3;6-7H,3-4H2,1-2H3. The molecule has 0 aliphatic rings. The summed E-state index contributed by atoms with van der Waals surface area (Å²) in [6.45, 7) is 12.5. The molecule has 0 rings (SSSR count). The third-order valence-corrected chi connectivity index (χ3v) is 5.07. The second-order valence-corrected chi connectivity index (χ2v) is 10.3. The third-order valence-electron chi connectivity index (χ3n) is 5.07. The highest BCUT2D eigenvalue weighted by Gasteiger charge is 2.22. The number of aliphatic hydroxyl groups is 2. The summed E-state index contributed by atoms with van der Waals surface area (Å²) in [5.41, 5.74) is -0.643. The zero-order valence-electron chi connectivity index (χ0n) is 21.8. The van der Waals surface area contributed by atoms with Gasteiger partial charge in [0.2, 0.25) is 0 Å². The van der Waals surface area contributed by atoms with Crippen molar-refractivity contribution in [1.29, 1.82) is 0 Å². The molecule has 32 heavy (non-hydrogen) atoms. The molecule has 0 unspecified atom stereocenters. The van der Waals surface area contributed by atoms with E-state index in [1.165, 1.54) is 38.5 Å². The molecule has 0 heterocycles. The van der Waals surface area contributed by atoms with E-state index in [0.29, 0.717) is 26.1 Å². The van der Waals surface area contributed by atoms with E-state index in [1.807, 2.05) is 13.8 Å². The number of rotatable bonds is 18. The number of hydrogen-bond acceptors (Lipinski definition) is 6. The number of esters is 2. The number of unbranched alkanes of at least 4 members (excludes halogenated alkanes) is 8. The van der Waals surface area contributed by atoms with Crippen molar-refractivity contribution >= 4 is 11.9 Å². The average molecular weight is 461 g/mol. The molecule has 6 nitrogen and oxygen atoms in total. The van der Waals surface area contributed by atoms with Crippen LogP contribution in [0.25, 0.3) is 0 Å². The molecular weight excluding hydrogens is 408 g/mol. The molecule has 2 N–H and O–H groups in total. The lowest BCUT2D eigenvalue weighted by Gasteiger charge is -2.23. The number of aliphatic hydroxyl groups excluding tert-OH is 2. The zero-order chi connectivity index (χ0) is 24.9. The molecule has 0 spiro atoms. The van der Waals surface area contributed by atoms with Gasteiger partial charge in [-0.05, 0) is 12.8 Å². The van der Waals surface area contributed by atoms with Gasteiger partial charge >= 0.3 is 11.9 Å². The number of hydrogen-bond donors (Lipinski definition) is 2. The molecule has 0 aromatic carbocycles. The van der Waals surface area contributed by atoms with E-state index in [-0.39, 0.29) is 36.0 Å². The SMILES string of the molecule is CC(C)(CO)CO.CCCCCCCC(=O)OCC(C)(C)COC(=O)CCCCCCC. The normalized spacial score (nSPS) is 11.5. The maximum Gasteiger partial charge on any atom is 0.305 e. The molecule has 0 atom stereocenters. The fourth-order valence-electron chi connectivity index (χ4n) is 2.53. The van der Waals surface area contributed by atoms with Gasteiger partial charge in [-0.15, -0.1) is 0 Å². The van der Waals surface area contributed by atoms with Crippen LogP contribution in [0.1, 0.15) is 119 Å². The van der Waals surface area contributed by atoms with Crippen molar-refractivity contribution in [3.63, 3.8) is 0 Å². The van der Waals surface area contributed by atoms with Crippen LogP contribution < -0.4 is 0 Å². The largest absolute Gasteiger partial charge is 0.465 e. The van der Waals surface area contributed by atoms with Crippen molar-refractivity contribution in [3.05, 3.63) is 0 Å². The Morgan fingerprint density at radius 3 is 1.22 bits per heavy atom. The highest BCUT2D eigenvalue weighted by atomic mass is 16.5. The van der Waals surface area contributed by atoms with Crippen LogP contribution in [0.2, 0.25) is 0 Å². The van der Waals surface area contributed by atoms with Crippen LogP contribution in [0, 0.1) is 10.8 Å². The highest BCUT2D eigenvalue weighted by Crippen LogP contribution is 2.18. The van der Waals surface area contributed by atoms with Crippen LogP contribution >= 0.6 is 0 Å². The van der Waals surface area contributed by atoms with Crippen molar-refractivity contribution in [2.45, 2.75) is 119 Å². The van der Waals surface area contributed by atoms with Crippen LogP contribution in [0.15, 0.2) is 0 Å². The summed E-state index contributed by atoms with van der Waals surface area (Å²) in [6, 6.07) is 0. The predicted octanol–water partition coefficient (Wildman–Crippen LogP) is 5.82. The summed E-state index contributed by atoms with van der Waals surface area (Å²) in [6.07, 6.45) is 12.2. The number of ether oxygens (including phenoxy) is 2. The molecule has 0 aliphatic heterocycles. The first-order chi connectivity index (χ1) is 15.0. The molecule has 6 heteroatoms. The minimum absolute atomic E-state index is 0.0451. The first-order valence-corrected chi connectivity index (χ1v) is 12.6. The first kappa shape index (κ1) is 33.0. The van der Waals surface area contributed by atoms with Crippen LogP contribution in [-0.2, 0) is 19.1 Å². The van der Waals surface area contributed by atoms with Crippen LogP contribution in [0.3, 0.4) is 0 Å². The Bertz CT molecular complexity index is 421. The molecule has 0 aromatic rings. The number of carbonyl (C=O) groups is 2. The van der Waals surface area contributed by atoms with E-state index in [1.54, 1.807) is 13.8 Å². The zero-order valence-corrected chi connectivity index (χ0v) is 21.8. The van der Waals surface area contributed by atoms with Crippen molar-refractivity contribution in [2.75, 3.05) is 26.4 Å². The van der Waals surface area contributed by atoms with Gasteiger partial charge in [-0.2, -0.15) is 0 Å². The summed E-state index contributed by atoms with van der Waals surface area (Å²) in [5, 5.41) is 16.9. The van der Waals surface area contributed by atoms with Crippen LogP contribution in [0.4, 0.5) is 0 Å². The molecule has 0 radical (unpaired) electrons. The van der Waals surface area contributed by atoms with Gasteiger partial charge < -0.3 is 19.7 Å². The highest BCUT2D eigenvalue weighted by molar-refractivity contribution is 5.69. The van der Waals surface area contributed by atoms with Crippen molar-refractivity contribution in [1.82, 2.24) is 0 Å². The quantitative estimate of drug-likeness (QED) is 0.198. The predicted molar refractivity (Wildman–Crippen MR) is 130 cm³/mol. The van der Waals surface area contributed by atoms with Crippen molar-refractivity contribution in [2.24, 2.45) is 10.8 Å². The fourth-order valence-corrected chi connectivity index (χ4v) is 2.53. The Morgan fingerprint density at radius 1 is 0.594 bits per heavy atom. The summed E-state index contributed by atoms with van der Waals surface area (Å²) in [7, 11) is 0. The Morgan fingerprint density at radius 2 is 0.938 bits per heavy atom. The smallest absolute Gasteiger partial charge is 0.305 e. The van der Waals surface area contributed by atoms with E-state index in [9.17, 15) is 9.59 Å². The van der Waals surface area contributed by atoms with Gasteiger partial charge in [0, 0.05) is 23.7 Å². The van der Waals surface area contributed by atoms with Gasteiger partial charge in [0.1, 0.15) is 0 Å². The molecule has 0 saturated heterocycles. The van der Waals surface area contributed by atoms with E-state index >= 15 is 0 Å². The second kappa shape index (κ2) is 20.5. The van der Waals surface area contributed by atoms with Gasteiger partial charge in [0.05, 0.1) is 26.4 Å². The second-order valence-electron chi connectivity index (χ2n) is 10.3. The van der Waals surface area contributed by atoms with E-state index in [0.717, 1.165) is 25.7 Å². The lowest BCUT2D eigenvalue weighted by molar-refractivity contribution is -0.152. The maximum absolute atomic E-state index is 11.8. The Hall–Kier alpha value is -1.14. The lowest BCUT2D eigenvalue weighted by Crippen LogP contribution is -2.28. The van der Waals surface area contributed by atoms with Crippen molar-refractivity contribution in [3.8, 4) is 0 Å². The topological polar surface area (TPSA) is 93.1 Å². The maximum atomic E-state index is 11.8. The molecule has 0 bridgehead atoms. The summed E-state index contributed by atoms with van der Waals surface area (Å²) < 4.78 is 10.7. The molecule has 0 saturated carbocycles. The van der Waals surface area contributed by atoms with Gasteiger partial charge in [-0.1, -0.05) is 92.9 Å². The van der Waals surface area contributed by atoms with Gasteiger partial charge in [0.15, 0.2) is 0 Å². The monoisotopic (exact) mass is 460 g/mol. The molecular formula is C26H52O6. The molecule has 0 aliphatic carbocycles. The van der Waals surface area contributed by atoms with E-state index in [2.05, 4.69) is 13.8 Å². The molecule has 0 aromatic heterocycles. The van der Waals surface area contributed by atoms with E-state index in [4.69, 9.17) is 19.7 Å². The van der Waals surface area contributed by atoms with Gasteiger partial charge in [-0.25, -0.2) is 0 Å². The molecule has 0 fully saturated rings.